The number of imidazole rings is 2. The van der Waals surface area contributed by atoms with Crippen LogP contribution in [0.4, 0.5) is 9.59 Å². The van der Waals surface area contributed by atoms with Gasteiger partial charge in [0, 0.05) is 24.2 Å². The summed E-state index contributed by atoms with van der Waals surface area (Å²) in [5.74, 6) is 7.42. The van der Waals surface area contributed by atoms with E-state index in [1.165, 1.54) is 7.11 Å². The molecule has 4 heterocycles. The highest BCUT2D eigenvalue weighted by molar-refractivity contribution is 5.87. The van der Waals surface area contributed by atoms with Crippen LogP contribution in [0.3, 0.4) is 0 Å². The maximum Gasteiger partial charge on any atom is 0.407 e. The SMILES string of the molecule is CCOC(=O)N[C@H](C(=O)N1CCC[C@H]1c1nc2ccc(C#Cc3ccc(-c4cnc([C@@H]5CCCN5C(=O)[C@@H](NC(=O)OC)C(C)C)[nH]4)cc3)cc2[nH]1)C(C)C. The molecule has 2 fully saturated rings. The van der Waals surface area contributed by atoms with Gasteiger partial charge in [-0.3, -0.25) is 9.59 Å². The number of benzene rings is 2. The number of nitrogens with one attached hydrogen (secondary N) is 4. The molecule has 4 amide bonds. The number of likely N-dealkylation sites (tertiary alicyclic amines) is 2. The number of hydrogen-bond acceptors (Lipinski definition) is 8. The predicted molar refractivity (Wildman–Crippen MR) is 206 cm³/mol. The number of hydrogen-bond donors (Lipinski definition) is 4. The molecule has 2 aromatic heterocycles. The van der Waals surface area contributed by atoms with Crippen LogP contribution in [0, 0.1) is 23.7 Å². The fraction of sp³-hybridized carbons (Fsp3) is 0.463. The summed E-state index contributed by atoms with van der Waals surface area (Å²) in [6.45, 7) is 10.7. The van der Waals surface area contributed by atoms with E-state index >= 15 is 0 Å². The quantitative estimate of drug-likeness (QED) is 0.147. The number of carbonyl (C=O) groups is 4. The molecule has 2 saturated heterocycles. The lowest BCUT2D eigenvalue weighted by atomic mass is 10.0. The number of aromatic amines is 2. The van der Waals surface area contributed by atoms with Crippen LogP contribution in [-0.2, 0) is 19.1 Å². The molecule has 0 spiro atoms. The summed E-state index contributed by atoms with van der Waals surface area (Å²) in [5.41, 5.74) is 5.06. The summed E-state index contributed by atoms with van der Waals surface area (Å²) < 4.78 is 9.79. The molecule has 4 aromatic rings. The van der Waals surface area contributed by atoms with E-state index in [4.69, 9.17) is 14.5 Å². The lowest BCUT2D eigenvalue weighted by Crippen LogP contribution is -2.51. The van der Waals surface area contributed by atoms with Gasteiger partial charge >= 0.3 is 12.2 Å². The summed E-state index contributed by atoms with van der Waals surface area (Å²) in [4.78, 5) is 71.1. The number of aromatic nitrogens is 4. The Bertz CT molecular complexity index is 2080. The van der Waals surface area contributed by atoms with E-state index in [1.807, 2.05) is 75.1 Å². The molecule has 0 unspecified atom stereocenters. The Kier molecular flexibility index (Phi) is 12.1. The third-order valence-electron chi connectivity index (χ3n) is 10.2. The average Bonchev–Trinajstić information content (AvgIpc) is 4.00. The molecule has 0 bridgehead atoms. The Morgan fingerprint density at radius 1 is 0.818 bits per heavy atom. The zero-order valence-corrected chi connectivity index (χ0v) is 32.3. The number of H-pyrrole nitrogens is 2. The van der Waals surface area contributed by atoms with E-state index in [0.29, 0.717) is 24.7 Å². The first-order valence-electron chi connectivity index (χ1n) is 19.0. The van der Waals surface area contributed by atoms with Crippen molar-refractivity contribution in [1.29, 1.82) is 0 Å². The van der Waals surface area contributed by atoms with Crippen LogP contribution < -0.4 is 10.6 Å². The van der Waals surface area contributed by atoms with E-state index in [0.717, 1.165) is 59.1 Å². The fourth-order valence-corrected chi connectivity index (χ4v) is 7.29. The normalized spacial score (nSPS) is 17.9. The molecule has 4 N–H and O–H groups in total. The Morgan fingerprint density at radius 3 is 2.00 bits per heavy atom. The van der Waals surface area contributed by atoms with Crippen LogP contribution in [0.25, 0.3) is 22.3 Å². The van der Waals surface area contributed by atoms with Crippen LogP contribution in [-0.4, -0.2) is 92.6 Å². The van der Waals surface area contributed by atoms with Gasteiger partial charge in [0.05, 0.1) is 48.7 Å². The Morgan fingerprint density at radius 2 is 1.40 bits per heavy atom. The number of carbonyl (C=O) groups excluding carboxylic acids is 4. The largest absolute Gasteiger partial charge is 0.453 e. The van der Waals surface area contributed by atoms with Crippen LogP contribution in [0.1, 0.15) is 95.2 Å². The Balaban J connectivity index is 1.12. The summed E-state index contributed by atoms with van der Waals surface area (Å²) in [5, 5.41) is 5.43. The third kappa shape index (κ3) is 8.77. The minimum atomic E-state index is -0.695. The third-order valence-corrected chi connectivity index (χ3v) is 10.2. The van der Waals surface area contributed by atoms with Crippen molar-refractivity contribution in [1.82, 2.24) is 40.4 Å². The lowest BCUT2D eigenvalue weighted by Gasteiger charge is -2.30. The number of rotatable bonds is 10. The maximum atomic E-state index is 13.6. The molecular weight excluding hydrogens is 701 g/mol. The second-order valence-electron chi connectivity index (χ2n) is 14.7. The Labute approximate surface area is 321 Å². The van der Waals surface area contributed by atoms with Gasteiger partial charge in [0.1, 0.15) is 23.7 Å². The summed E-state index contributed by atoms with van der Waals surface area (Å²) in [6, 6.07) is 11.9. The summed E-state index contributed by atoms with van der Waals surface area (Å²) in [7, 11) is 1.28. The van der Waals surface area contributed by atoms with Crippen molar-refractivity contribution in [2.24, 2.45) is 11.8 Å². The number of alkyl carbamates (subject to hydrolysis) is 2. The highest BCUT2D eigenvalue weighted by atomic mass is 16.5. The smallest absolute Gasteiger partial charge is 0.407 e. The second-order valence-corrected chi connectivity index (χ2v) is 14.7. The summed E-state index contributed by atoms with van der Waals surface area (Å²) in [6.07, 6.45) is 3.78. The molecule has 14 nitrogen and oxygen atoms in total. The molecule has 2 aliphatic heterocycles. The van der Waals surface area contributed by atoms with E-state index in [2.05, 4.69) is 37.4 Å². The molecule has 14 heteroatoms. The van der Waals surface area contributed by atoms with Gasteiger partial charge in [0.25, 0.3) is 0 Å². The van der Waals surface area contributed by atoms with Crippen molar-refractivity contribution in [3.63, 3.8) is 0 Å². The van der Waals surface area contributed by atoms with Crippen LogP contribution in [0.2, 0.25) is 0 Å². The van der Waals surface area contributed by atoms with Crippen LogP contribution in [0.15, 0.2) is 48.7 Å². The van der Waals surface area contributed by atoms with Crippen molar-refractivity contribution in [3.8, 4) is 23.1 Å². The molecule has 55 heavy (non-hydrogen) atoms. The molecule has 6 rings (SSSR count). The standard InChI is InChI=1S/C41H50N8O6/c1-7-55-41(53)47-35(25(4)5)39(51)49-21-9-11-33(49)37-43-29-19-16-27(22-30(29)44-37)13-12-26-14-17-28(18-15-26)31-23-42-36(45-31)32-10-8-20-48(32)38(50)34(24(2)3)46-40(52)54-6/h14-19,22-25,32-35H,7-11,20-21H2,1-6H3,(H,42,45)(H,43,44)(H,46,52)(H,47,53)/t32-,33-,34-,35-/m0/s1. The lowest BCUT2D eigenvalue weighted by molar-refractivity contribution is -0.136. The van der Waals surface area contributed by atoms with E-state index < -0.39 is 24.3 Å². The maximum absolute atomic E-state index is 13.6. The highest BCUT2D eigenvalue weighted by Crippen LogP contribution is 2.34. The van der Waals surface area contributed by atoms with E-state index in [9.17, 15) is 19.2 Å². The van der Waals surface area contributed by atoms with Crippen molar-refractivity contribution in [3.05, 3.63) is 71.4 Å². The average molecular weight is 751 g/mol. The van der Waals surface area contributed by atoms with Gasteiger partial charge in [0.15, 0.2) is 0 Å². The molecule has 4 atom stereocenters. The first-order chi connectivity index (χ1) is 26.5. The topological polar surface area (TPSA) is 175 Å². The van der Waals surface area contributed by atoms with Gasteiger partial charge in [-0.25, -0.2) is 19.6 Å². The molecule has 2 aliphatic rings. The van der Waals surface area contributed by atoms with Gasteiger partial charge in [-0.15, -0.1) is 0 Å². The second kappa shape index (κ2) is 17.1. The number of ether oxygens (including phenoxy) is 2. The molecule has 0 saturated carbocycles. The number of methoxy groups -OCH3 is 1. The van der Waals surface area contributed by atoms with Gasteiger partial charge in [-0.1, -0.05) is 51.7 Å². The molecule has 290 valence electrons. The van der Waals surface area contributed by atoms with Crippen molar-refractivity contribution in [2.45, 2.75) is 84.5 Å². The molecule has 0 radical (unpaired) electrons. The minimum Gasteiger partial charge on any atom is -0.453 e. The van der Waals surface area contributed by atoms with Crippen LogP contribution in [0.5, 0.6) is 0 Å². The van der Waals surface area contributed by atoms with Gasteiger partial charge in [-0.2, -0.15) is 0 Å². The Hall–Kier alpha value is -5.84. The minimum absolute atomic E-state index is 0.109. The van der Waals surface area contributed by atoms with E-state index in [-0.39, 0.29) is 42.3 Å². The molecule has 0 aliphatic carbocycles. The van der Waals surface area contributed by atoms with Gasteiger partial charge in [0.2, 0.25) is 11.8 Å². The number of nitrogens with zero attached hydrogens (tertiary/aromatic N) is 4. The number of amides is 4. The van der Waals surface area contributed by atoms with Crippen molar-refractivity contribution in [2.75, 3.05) is 26.8 Å². The first-order valence-corrected chi connectivity index (χ1v) is 19.0. The zero-order chi connectivity index (χ0) is 39.2. The van der Waals surface area contributed by atoms with Gasteiger partial charge in [-0.05, 0) is 80.3 Å². The zero-order valence-electron chi connectivity index (χ0n) is 32.3. The van der Waals surface area contributed by atoms with Crippen molar-refractivity contribution < 1.29 is 28.7 Å². The number of fused-ring (bicyclic) bond motifs is 1. The fourth-order valence-electron chi connectivity index (χ4n) is 7.29. The van der Waals surface area contributed by atoms with Gasteiger partial charge < -0.3 is 39.9 Å². The monoisotopic (exact) mass is 750 g/mol. The highest BCUT2D eigenvalue weighted by Gasteiger charge is 2.39. The molecular formula is C41H50N8O6. The first kappa shape index (κ1) is 38.9. The molecule has 2 aromatic carbocycles. The summed E-state index contributed by atoms with van der Waals surface area (Å²) >= 11 is 0. The van der Waals surface area contributed by atoms with Crippen LogP contribution >= 0.6 is 0 Å². The predicted octanol–water partition coefficient (Wildman–Crippen LogP) is 5.83. The van der Waals surface area contributed by atoms with E-state index in [1.54, 1.807) is 18.0 Å². The van der Waals surface area contributed by atoms with Crippen molar-refractivity contribution >= 4 is 35.0 Å².